The van der Waals surface area contributed by atoms with E-state index in [1.807, 2.05) is 0 Å². The summed E-state index contributed by atoms with van der Waals surface area (Å²) in [7, 11) is -5.39. The second kappa shape index (κ2) is 6.51. The second-order valence-electron chi connectivity index (χ2n) is 1.74. The van der Waals surface area contributed by atoms with Gasteiger partial charge in [0.2, 0.25) is 0 Å². The SMILES string of the molecule is NC(CCO[P+](=O)O)O[P+](=O)O. The molecule has 0 aliphatic carbocycles. The van der Waals surface area contributed by atoms with E-state index in [0.29, 0.717) is 0 Å². The molecule has 0 fully saturated rings. The van der Waals surface area contributed by atoms with E-state index in [1.165, 1.54) is 0 Å². The van der Waals surface area contributed by atoms with E-state index in [-0.39, 0.29) is 13.0 Å². The summed E-state index contributed by atoms with van der Waals surface area (Å²) in [6.07, 6.45) is -0.892. The molecule has 0 bridgehead atoms. The minimum atomic E-state index is -2.74. The normalized spacial score (nSPS) is 15.6. The molecule has 0 aliphatic rings. The van der Waals surface area contributed by atoms with Gasteiger partial charge in [-0.1, -0.05) is 0 Å². The molecule has 0 aliphatic heterocycles. The Labute approximate surface area is 70.4 Å². The Hall–Kier alpha value is -0.0000000000000000763. The van der Waals surface area contributed by atoms with E-state index in [0.717, 1.165) is 0 Å². The van der Waals surface area contributed by atoms with Crippen molar-refractivity contribution in [1.82, 2.24) is 0 Å². The van der Waals surface area contributed by atoms with Crippen LogP contribution in [0.2, 0.25) is 0 Å². The lowest BCUT2D eigenvalue weighted by molar-refractivity contribution is 0.157. The highest BCUT2D eigenvalue weighted by molar-refractivity contribution is 7.32. The van der Waals surface area contributed by atoms with Crippen LogP contribution in [0.4, 0.5) is 0 Å². The third-order valence-electron chi connectivity index (χ3n) is 0.830. The van der Waals surface area contributed by atoms with E-state index in [4.69, 9.17) is 15.5 Å². The van der Waals surface area contributed by atoms with Gasteiger partial charge < -0.3 is 5.73 Å². The topological polar surface area (TPSA) is 119 Å². The molecule has 3 unspecified atom stereocenters. The molecule has 7 nitrogen and oxygen atoms in total. The maximum Gasteiger partial charge on any atom is 0.696 e. The van der Waals surface area contributed by atoms with Crippen molar-refractivity contribution in [3.05, 3.63) is 0 Å². The Morgan fingerprint density at radius 2 is 1.92 bits per heavy atom. The first-order valence-corrected chi connectivity index (χ1v) is 5.16. The molecule has 0 aromatic rings. The van der Waals surface area contributed by atoms with Gasteiger partial charge in [0.05, 0.1) is 0 Å². The number of rotatable bonds is 6. The van der Waals surface area contributed by atoms with Gasteiger partial charge in [-0.15, -0.1) is 18.8 Å². The van der Waals surface area contributed by atoms with Gasteiger partial charge in [-0.05, 0) is 0 Å². The van der Waals surface area contributed by atoms with Gasteiger partial charge in [0.15, 0.2) is 6.23 Å². The summed E-state index contributed by atoms with van der Waals surface area (Å²) in [4.78, 5) is 16.3. The van der Waals surface area contributed by atoms with Gasteiger partial charge in [-0.2, -0.15) is 0 Å². The third kappa shape index (κ3) is 8.10. The molecule has 0 amide bonds. The van der Waals surface area contributed by atoms with Crippen molar-refractivity contribution in [3.63, 3.8) is 0 Å². The van der Waals surface area contributed by atoms with Crippen molar-refractivity contribution in [2.24, 2.45) is 5.73 Å². The van der Waals surface area contributed by atoms with Gasteiger partial charge in [0.25, 0.3) is 0 Å². The van der Waals surface area contributed by atoms with E-state index in [2.05, 4.69) is 9.05 Å². The highest BCUT2D eigenvalue weighted by atomic mass is 31.1. The van der Waals surface area contributed by atoms with Crippen LogP contribution in [0.15, 0.2) is 0 Å². The second-order valence-corrected chi connectivity index (χ2v) is 3.16. The summed E-state index contributed by atoms with van der Waals surface area (Å²) in [6, 6.07) is 0. The van der Waals surface area contributed by atoms with Gasteiger partial charge in [0, 0.05) is 15.6 Å². The van der Waals surface area contributed by atoms with Crippen LogP contribution in [0.3, 0.4) is 0 Å². The molecular weight excluding hydrogens is 208 g/mol. The van der Waals surface area contributed by atoms with E-state index in [9.17, 15) is 9.13 Å². The average molecular weight is 217 g/mol. The van der Waals surface area contributed by atoms with Gasteiger partial charge in [-0.25, -0.2) is 0 Å². The Morgan fingerprint density at radius 1 is 1.33 bits per heavy atom. The average Bonchev–Trinajstić information content (AvgIpc) is 1.84. The maximum atomic E-state index is 10.0. The van der Waals surface area contributed by atoms with Crippen molar-refractivity contribution in [2.75, 3.05) is 6.61 Å². The zero-order valence-electron chi connectivity index (χ0n) is 5.99. The first kappa shape index (κ1) is 12.0. The Morgan fingerprint density at radius 3 is 2.33 bits per heavy atom. The van der Waals surface area contributed by atoms with Crippen molar-refractivity contribution >= 4 is 16.5 Å². The zero-order chi connectivity index (χ0) is 9.56. The molecule has 3 atom stereocenters. The van der Waals surface area contributed by atoms with Crippen LogP contribution in [-0.2, 0) is 18.2 Å². The van der Waals surface area contributed by atoms with Crippen LogP contribution in [0.1, 0.15) is 6.42 Å². The lowest BCUT2D eigenvalue weighted by atomic mass is 10.4. The molecule has 0 aromatic heterocycles. The Bertz CT molecular complexity index is 174. The fourth-order valence-corrected chi connectivity index (χ4v) is 1.01. The first-order chi connectivity index (χ1) is 5.52. The van der Waals surface area contributed by atoms with Crippen LogP contribution in [-0.4, -0.2) is 22.6 Å². The molecule has 9 heteroatoms. The van der Waals surface area contributed by atoms with Crippen LogP contribution in [0.25, 0.3) is 0 Å². The van der Waals surface area contributed by atoms with Crippen molar-refractivity contribution in [2.45, 2.75) is 12.6 Å². The molecule has 0 aromatic carbocycles. The Balaban J connectivity index is 3.37. The van der Waals surface area contributed by atoms with Crippen LogP contribution in [0.5, 0.6) is 0 Å². The summed E-state index contributed by atoms with van der Waals surface area (Å²) in [5.41, 5.74) is 5.14. The minimum Gasteiger partial charge on any atom is -0.302 e. The van der Waals surface area contributed by atoms with Crippen LogP contribution < -0.4 is 5.73 Å². The summed E-state index contributed by atoms with van der Waals surface area (Å²) in [5.74, 6) is 0. The molecule has 0 saturated carbocycles. The predicted octanol–water partition coefficient (Wildman–Crippen LogP) is -0.00610. The minimum absolute atomic E-state index is 0.0727. The quantitative estimate of drug-likeness (QED) is 0.422. The van der Waals surface area contributed by atoms with Gasteiger partial charge in [-0.3, -0.25) is 0 Å². The third-order valence-corrected chi connectivity index (χ3v) is 1.68. The van der Waals surface area contributed by atoms with E-state index >= 15 is 0 Å². The Kier molecular flexibility index (Phi) is 6.51. The summed E-state index contributed by atoms with van der Waals surface area (Å²) in [6.45, 7) is -0.101. The van der Waals surface area contributed by atoms with Gasteiger partial charge in [0.1, 0.15) is 6.61 Å². The smallest absolute Gasteiger partial charge is 0.302 e. The first-order valence-electron chi connectivity index (χ1n) is 2.90. The molecule has 0 saturated heterocycles. The fourth-order valence-electron chi connectivity index (χ4n) is 0.415. The molecule has 0 rings (SSSR count). The lowest BCUT2D eigenvalue weighted by Crippen LogP contribution is -2.22. The predicted molar refractivity (Wildman–Crippen MR) is 39.3 cm³/mol. The number of hydrogen-bond donors (Lipinski definition) is 3. The number of nitrogens with two attached hydrogens (primary N) is 1. The summed E-state index contributed by atoms with van der Waals surface area (Å²) in [5, 5.41) is 0. The molecule has 70 valence electrons. The van der Waals surface area contributed by atoms with Crippen LogP contribution in [0, 0.1) is 0 Å². The highest BCUT2D eigenvalue weighted by Crippen LogP contribution is 2.19. The van der Waals surface area contributed by atoms with Crippen molar-refractivity contribution in [1.29, 1.82) is 0 Å². The molecular formula is C3H9NO6P2+2. The zero-order valence-corrected chi connectivity index (χ0v) is 7.78. The fraction of sp³-hybridized carbons (Fsp3) is 1.00. The molecule has 0 heterocycles. The molecule has 0 spiro atoms. The van der Waals surface area contributed by atoms with Gasteiger partial charge >= 0.3 is 16.5 Å². The highest BCUT2D eigenvalue weighted by Gasteiger charge is 2.21. The largest absolute Gasteiger partial charge is 0.696 e. The monoisotopic (exact) mass is 217 g/mol. The van der Waals surface area contributed by atoms with Crippen molar-refractivity contribution < 1.29 is 28.0 Å². The summed E-state index contributed by atoms with van der Waals surface area (Å²) >= 11 is 0. The van der Waals surface area contributed by atoms with E-state index in [1.54, 1.807) is 0 Å². The maximum absolute atomic E-state index is 10.0. The molecule has 4 N–H and O–H groups in total. The number of hydrogen-bond acceptors (Lipinski definition) is 5. The van der Waals surface area contributed by atoms with Crippen LogP contribution >= 0.6 is 16.5 Å². The standard InChI is InChI=1S/C3H7NO6P2/c4-3(10-12(7)8)1-2-9-11(5)6/h3H,1-2,4H2/p+2. The van der Waals surface area contributed by atoms with E-state index < -0.39 is 22.7 Å². The summed E-state index contributed by atoms with van der Waals surface area (Å²) < 4.78 is 28.4. The molecule has 0 radical (unpaired) electrons. The lowest BCUT2D eigenvalue weighted by Gasteiger charge is -1.98. The molecule has 12 heavy (non-hydrogen) atoms. The van der Waals surface area contributed by atoms with Crippen molar-refractivity contribution in [3.8, 4) is 0 Å².